The van der Waals surface area contributed by atoms with E-state index in [0.29, 0.717) is 54.0 Å². The molecular formula is C51H49FN12O4S. The number of carbonyl (C=O) groups is 2. The number of halogens is 1. The molecule has 69 heavy (non-hydrogen) atoms. The molecule has 7 heterocycles. The number of H-pyrrole nitrogens is 2. The van der Waals surface area contributed by atoms with Crippen LogP contribution in [-0.4, -0.2) is 71.3 Å². The van der Waals surface area contributed by atoms with Gasteiger partial charge >= 0.3 is 11.9 Å². The summed E-state index contributed by atoms with van der Waals surface area (Å²) in [5.74, 6) is 0.125. The van der Waals surface area contributed by atoms with Crippen LogP contribution in [0, 0.1) is 17.7 Å². The molecule has 0 atom stereocenters. The number of nitrogens with zero attached hydrogens (tertiary/aromatic N) is 8. The standard InChI is InChI=1S/C26H23FN6O2.C24H22N6O2S.CH4/c27-18-5-1-3-16(11-18)19-6-2-4-17-12-20(31-21(17)19)22-23-24(28)29-13-30-33(23)25(32-22)14-7-9-15(10-8-14)26(34)35;25-22-21-20(17-11-15-3-1-4-16(19(15)28-17)18-5-2-10-33-18)29-23(30(21)27-12-26-22)13-6-8-14(9-7-13)24(31)32;/h1-6,11-15,31H,7-10H2,(H,34,35)(H2,28,29,30);1-5,10-14,28H,6-9H2,(H,31,32)(H2,25,26,27);1H4. The summed E-state index contributed by atoms with van der Waals surface area (Å²) in [6, 6.07) is 26.9. The van der Waals surface area contributed by atoms with Crippen LogP contribution in [0.1, 0.15) is 82.3 Å². The number of nitrogens with two attached hydrogens (primary N) is 2. The molecule has 3 aromatic carbocycles. The third-order valence-electron chi connectivity index (χ3n) is 13.6. The molecule has 16 nitrogen and oxygen atoms in total. The fourth-order valence-corrected chi connectivity index (χ4v) is 10.9. The summed E-state index contributed by atoms with van der Waals surface area (Å²) >= 11 is 1.70. The number of carboxylic acid groups (broad SMARTS) is 2. The number of nitrogen functional groups attached to an aromatic ring is 2. The number of fused-ring (bicyclic) bond motifs is 4. The molecule has 2 aliphatic carbocycles. The highest BCUT2D eigenvalue weighted by Crippen LogP contribution is 2.42. The Morgan fingerprint density at radius 3 is 1.61 bits per heavy atom. The van der Waals surface area contributed by atoms with Crippen molar-refractivity contribution < 1.29 is 24.2 Å². The van der Waals surface area contributed by atoms with Gasteiger partial charge < -0.3 is 31.6 Å². The van der Waals surface area contributed by atoms with Crippen LogP contribution in [0.15, 0.2) is 103 Å². The highest BCUT2D eigenvalue weighted by molar-refractivity contribution is 7.13. The number of hydrogen-bond donors (Lipinski definition) is 6. The number of aliphatic carboxylic acids is 2. The van der Waals surface area contributed by atoms with Gasteiger partial charge in [0.05, 0.1) is 34.3 Å². The number of benzene rings is 3. The van der Waals surface area contributed by atoms with Crippen LogP contribution >= 0.6 is 11.3 Å². The van der Waals surface area contributed by atoms with Crippen molar-refractivity contribution >= 4 is 67.8 Å². The number of rotatable bonds is 8. The Morgan fingerprint density at radius 2 is 1.13 bits per heavy atom. The van der Waals surface area contributed by atoms with E-state index < -0.39 is 11.9 Å². The summed E-state index contributed by atoms with van der Waals surface area (Å²) < 4.78 is 17.4. The minimum absolute atomic E-state index is 0. The summed E-state index contributed by atoms with van der Waals surface area (Å²) in [5, 5.41) is 31.7. The molecule has 2 fully saturated rings. The molecule has 8 N–H and O–H groups in total. The summed E-state index contributed by atoms with van der Waals surface area (Å²) in [7, 11) is 0. The Bertz CT molecular complexity index is 3530. The van der Waals surface area contributed by atoms with E-state index in [1.54, 1.807) is 26.4 Å². The molecular weight excluding hydrogens is 896 g/mol. The van der Waals surface area contributed by atoms with E-state index in [2.05, 4.69) is 71.9 Å². The molecule has 0 saturated heterocycles. The largest absolute Gasteiger partial charge is 0.481 e. The maximum Gasteiger partial charge on any atom is 0.306 e. The van der Waals surface area contributed by atoms with Gasteiger partial charge in [0, 0.05) is 38.6 Å². The molecule has 0 aliphatic heterocycles. The van der Waals surface area contributed by atoms with E-state index in [9.17, 15) is 24.2 Å². The number of aromatic amines is 2. The summed E-state index contributed by atoms with van der Waals surface area (Å²) in [6.45, 7) is 0. The van der Waals surface area contributed by atoms with Gasteiger partial charge in [-0.3, -0.25) is 9.59 Å². The molecule has 0 radical (unpaired) electrons. The lowest BCUT2D eigenvalue weighted by molar-refractivity contribution is -0.143. The Hall–Kier alpha value is -7.99. The van der Waals surface area contributed by atoms with E-state index >= 15 is 0 Å². The number of imidazole rings is 2. The van der Waals surface area contributed by atoms with Gasteiger partial charge in [-0.1, -0.05) is 62.0 Å². The Kier molecular flexibility index (Phi) is 11.9. The van der Waals surface area contributed by atoms with Crippen LogP contribution < -0.4 is 11.5 Å². The van der Waals surface area contributed by atoms with Crippen LogP contribution in [-0.2, 0) is 9.59 Å². The van der Waals surface area contributed by atoms with Gasteiger partial charge in [-0.15, -0.1) is 11.3 Å². The van der Waals surface area contributed by atoms with Crippen molar-refractivity contribution in [3.05, 3.63) is 120 Å². The topological polar surface area (TPSA) is 244 Å². The van der Waals surface area contributed by atoms with E-state index in [0.717, 1.165) is 92.9 Å². The van der Waals surface area contributed by atoms with Crippen molar-refractivity contribution in [1.29, 1.82) is 0 Å². The van der Waals surface area contributed by atoms with Crippen molar-refractivity contribution in [2.24, 2.45) is 11.8 Å². The maximum atomic E-state index is 13.9. The first-order chi connectivity index (χ1) is 33.1. The molecule has 0 bridgehead atoms. The lowest BCUT2D eigenvalue weighted by Crippen LogP contribution is -2.21. The monoisotopic (exact) mass is 944 g/mol. The zero-order valence-corrected chi connectivity index (χ0v) is 37.3. The lowest BCUT2D eigenvalue weighted by atomic mass is 9.82. The summed E-state index contributed by atoms with van der Waals surface area (Å²) in [6.07, 6.45) is 8.30. The summed E-state index contributed by atoms with van der Waals surface area (Å²) in [4.78, 5) is 49.4. The van der Waals surface area contributed by atoms with Gasteiger partial charge in [-0.05, 0) is 92.6 Å². The first-order valence-electron chi connectivity index (χ1n) is 22.6. The molecule has 0 unspecified atom stereocenters. The zero-order valence-electron chi connectivity index (χ0n) is 36.5. The van der Waals surface area contributed by atoms with Crippen LogP contribution in [0.2, 0.25) is 0 Å². The second kappa shape index (κ2) is 18.2. The van der Waals surface area contributed by atoms with Gasteiger partial charge in [0.2, 0.25) is 0 Å². The Morgan fingerprint density at radius 1 is 0.638 bits per heavy atom. The van der Waals surface area contributed by atoms with Crippen molar-refractivity contribution in [2.75, 3.05) is 11.5 Å². The van der Waals surface area contributed by atoms with E-state index in [1.807, 2.05) is 30.3 Å². The van der Waals surface area contributed by atoms with Crippen LogP contribution in [0.4, 0.5) is 16.0 Å². The van der Waals surface area contributed by atoms with Gasteiger partial charge in [-0.2, -0.15) is 10.2 Å². The minimum atomic E-state index is -0.740. The molecule has 2 saturated carbocycles. The Labute approximate surface area is 398 Å². The minimum Gasteiger partial charge on any atom is -0.481 e. The van der Waals surface area contributed by atoms with Gasteiger partial charge in [0.1, 0.15) is 52.5 Å². The summed E-state index contributed by atoms with van der Waals surface area (Å²) in [5.41, 5.74) is 21.6. The van der Waals surface area contributed by atoms with Crippen molar-refractivity contribution in [3.63, 3.8) is 0 Å². The van der Waals surface area contributed by atoms with Crippen molar-refractivity contribution in [3.8, 4) is 44.3 Å². The van der Waals surface area contributed by atoms with Crippen LogP contribution in [0.25, 0.3) is 77.2 Å². The molecule has 2 aliphatic rings. The highest BCUT2D eigenvalue weighted by atomic mass is 32.1. The molecule has 12 rings (SSSR count). The number of aromatic nitrogens is 10. The second-order valence-corrected chi connectivity index (χ2v) is 18.6. The average molecular weight is 945 g/mol. The van der Waals surface area contributed by atoms with Crippen molar-refractivity contribution in [2.45, 2.75) is 70.6 Å². The van der Waals surface area contributed by atoms with Crippen LogP contribution in [0.3, 0.4) is 0 Å². The SMILES string of the molecule is C.Nc1ncnn2c(C3CCC(C(=O)O)CC3)nc(-c3cc4cccc(-c5cccc(F)c5)c4[nH]3)c12.Nc1ncnn2c(C3CCC(C(=O)O)CC3)nc(-c3cc4cccc(-c5cccs5)c4[nH]3)c12. The number of anilines is 2. The average Bonchev–Trinajstić information content (AvgIpc) is 4.21. The zero-order chi connectivity index (χ0) is 46.6. The van der Waals surface area contributed by atoms with E-state index in [1.165, 1.54) is 29.7 Å². The predicted octanol–water partition coefficient (Wildman–Crippen LogP) is 10.6. The first kappa shape index (κ1) is 44.8. The van der Waals surface area contributed by atoms with E-state index in [-0.39, 0.29) is 36.9 Å². The first-order valence-corrected chi connectivity index (χ1v) is 23.5. The molecule has 18 heteroatoms. The molecule has 0 amide bonds. The number of carboxylic acids is 2. The third kappa shape index (κ3) is 8.19. The molecule has 10 aromatic rings. The molecule has 0 spiro atoms. The molecule has 7 aromatic heterocycles. The third-order valence-corrected chi connectivity index (χ3v) is 14.5. The Balaban J connectivity index is 0.000000158. The fraction of sp³-hybridized carbons (Fsp3) is 0.255. The quantitative estimate of drug-likeness (QED) is 0.0833. The van der Waals surface area contributed by atoms with Gasteiger partial charge in [0.15, 0.2) is 11.6 Å². The van der Waals surface area contributed by atoms with Crippen LogP contribution in [0.5, 0.6) is 0 Å². The van der Waals surface area contributed by atoms with E-state index in [4.69, 9.17) is 21.4 Å². The normalized spacial score (nSPS) is 18.3. The van der Waals surface area contributed by atoms with Gasteiger partial charge in [-0.25, -0.2) is 33.4 Å². The predicted molar refractivity (Wildman–Crippen MR) is 265 cm³/mol. The molecule has 350 valence electrons. The van der Waals surface area contributed by atoms with Gasteiger partial charge in [0.25, 0.3) is 0 Å². The second-order valence-electron chi connectivity index (χ2n) is 17.6. The number of hydrogen-bond acceptors (Lipinski definition) is 11. The van der Waals surface area contributed by atoms with Crippen molar-refractivity contribution in [1.82, 2.24) is 49.1 Å². The smallest absolute Gasteiger partial charge is 0.306 e. The highest BCUT2D eigenvalue weighted by Gasteiger charge is 2.33. The number of para-hydroxylation sites is 2. The lowest BCUT2D eigenvalue weighted by Gasteiger charge is -2.24. The maximum absolute atomic E-state index is 13.9. The number of thiophene rings is 1. The number of nitrogens with one attached hydrogen (secondary N) is 2. The fourth-order valence-electron chi connectivity index (χ4n) is 10.2.